The first-order valence-electron chi connectivity index (χ1n) is 13.4. The summed E-state index contributed by atoms with van der Waals surface area (Å²) in [6, 6.07) is 8.93. The number of aromatic nitrogens is 2. The van der Waals surface area contributed by atoms with Gasteiger partial charge < -0.3 is 9.80 Å². The third kappa shape index (κ3) is 6.65. The van der Waals surface area contributed by atoms with Crippen molar-refractivity contribution in [1.82, 2.24) is 14.9 Å². The molecule has 2 aromatic rings. The molecule has 1 saturated heterocycles. The summed E-state index contributed by atoms with van der Waals surface area (Å²) in [7, 11) is 0. The summed E-state index contributed by atoms with van der Waals surface area (Å²) in [6.45, 7) is 20.0. The van der Waals surface area contributed by atoms with Gasteiger partial charge in [0.05, 0.1) is 11.9 Å². The van der Waals surface area contributed by atoms with Crippen LogP contribution in [0.2, 0.25) is 0 Å². The van der Waals surface area contributed by atoms with Crippen molar-refractivity contribution in [2.75, 3.05) is 24.5 Å². The number of piperazine rings is 1. The lowest BCUT2D eigenvalue weighted by Gasteiger charge is -2.41. The number of aliphatic imine (C=N–C) groups is 1. The molecule has 1 fully saturated rings. The monoisotopic (exact) mass is 495 g/mol. The molecule has 5 heteroatoms. The van der Waals surface area contributed by atoms with E-state index in [9.17, 15) is 0 Å². The Labute approximate surface area is 223 Å². The van der Waals surface area contributed by atoms with Crippen LogP contribution in [-0.4, -0.2) is 46.3 Å². The minimum absolute atomic E-state index is 0.434. The maximum Gasteiger partial charge on any atom is 0.128 e. The number of hydrogen-bond acceptors (Lipinski definition) is 5. The fourth-order valence-corrected chi connectivity index (χ4v) is 5.56. The van der Waals surface area contributed by atoms with Gasteiger partial charge in [0.2, 0.25) is 0 Å². The van der Waals surface area contributed by atoms with E-state index in [1.807, 2.05) is 12.4 Å². The van der Waals surface area contributed by atoms with E-state index in [1.165, 1.54) is 27.9 Å². The lowest BCUT2D eigenvalue weighted by molar-refractivity contribution is 0.244. The quantitative estimate of drug-likeness (QED) is 0.390. The summed E-state index contributed by atoms with van der Waals surface area (Å²) in [5, 5.41) is 0. The minimum Gasteiger partial charge on any atom is -0.369 e. The Morgan fingerprint density at radius 3 is 2.59 bits per heavy atom. The molecule has 2 aromatic heterocycles. The van der Waals surface area contributed by atoms with Crippen LogP contribution in [0.1, 0.15) is 65.1 Å². The van der Waals surface area contributed by atoms with Crippen LogP contribution >= 0.6 is 0 Å². The normalized spacial score (nSPS) is 19.3. The fourth-order valence-electron chi connectivity index (χ4n) is 5.56. The molecule has 0 aromatic carbocycles. The molecule has 1 unspecified atom stereocenters. The first-order valence-corrected chi connectivity index (χ1v) is 13.4. The van der Waals surface area contributed by atoms with Crippen LogP contribution in [0.3, 0.4) is 0 Å². The van der Waals surface area contributed by atoms with Crippen LogP contribution in [0.4, 0.5) is 11.5 Å². The van der Waals surface area contributed by atoms with Crippen molar-refractivity contribution in [3.63, 3.8) is 0 Å². The highest BCUT2D eigenvalue weighted by Gasteiger charge is 2.23. The highest BCUT2D eigenvalue weighted by molar-refractivity contribution is 5.88. The largest absolute Gasteiger partial charge is 0.369 e. The van der Waals surface area contributed by atoms with Gasteiger partial charge in [0.1, 0.15) is 5.82 Å². The summed E-state index contributed by atoms with van der Waals surface area (Å²) in [6.07, 6.45) is 11.4. The summed E-state index contributed by atoms with van der Waals surface area (Å²) in [5.41, 5.74) is 10.9. The zero-order valence-electron chi connectivity index (χ0n) is 23.4. The van der Waals surface area contributed by atoms with E-state index < -0.39 is 0 Å². The number of anilines is 1. The summed E-state index contributed by atoms with van der Waals surface area (Å²) < 4.78 is 0. The molecule has 194 valence electrons. The zero-order valence-corrected chi connectivity index (χ0v) is 23.4. The van der Waals surface area contributed by atoms with Gasteiger partial charge in [0.25, 0.3) is 0 Å². The lowest BCUT2D eigenvalue weighted by atomic mass is 9.88. The molecule has 4 rings (SSSR count). The van der Waals surface area contributed by atoms with Crippen LogP contribution in [0.25, 0.3) is 5.57 Å². The Morgan fingerprint density at radius 1 is 1.11 bits per heavy atom. The highest BCUT2D eigenvalue weighted by atomic mass is 15.3. The van der Waals surface area contributed by atoms with Gasteiger partial charge in [-0.3, -0.25) is 9.98 Å². The van der Waals surface area contributed by atoms with Gasteiger partial charge in [-0.05, 0) is 101 Å². The van der Waals surface area contributed by atoms with Gasteiger partial charge in [-0.1, -0.05) is 24.3 Å². The first-order chi connectivity index (χ1) is 17.7. The number of pyridine rings is 2. The summed E-state index contributed by atoms with van der Waals surface area (Å²) in [4.78, 5) is 18.8. The van der Waals surface area contributed by atoms with E-state index in [-0.39, 0.29) is 0 Å². The van der Waals surface area contributed by atoms with Crippen molar-refractivity contribution in [3.8, 4) is 0 Å². The third-order valence-corrected chi connectivity index (χ3v) is 7.29. The number of allylic oxidation sites excluding steroid dienone is 7. The first kappa shape index (κ1) is 26.6. The zero-order chi connectivity index (χ0) is 26.5. The number of rotatable bonds is 6. The molecule has 0 spiro atoms. The van der Waals surface area contributed by atoms with Gasteiger partial charge >= 0.3 is 0 Å². The standard InChI is InChI=1S/C32H41N5/c1-22(2)37-16-15-36(21-27(37)7)31-12-11-30(20-34-31)35-26(6)18-28-10-8-9-23(3)32(24(4)17-28)29-13-14-33-25(5)19-29/h10-14,17,19-20,27H,1,8-9,15-16,18,21H2,2-7H3. The highest BCUT2D eigenvalue weighted by Crippen LogP contribution is 2.32. The maximum absolute atomic E-state index is 4.90. The van der Waals surface area contributed by atoms with Crippen LogP contribution in [-0.2, 0) is 0 Å². The second kappa shape index (κ2) is 11.7. The molecule has 5 nitrogen and oxygen atoms in total. The van der Waals surface area contributed by atoms with Crippen LogP contribution < -0.4 is 4.90 Å². The van der Waals surface area contributed by atoms with Crippen molar-refractivity contribution in [2.24, 2.45) is 4.99 Å². The van der Waals surface area contributed by atoms with Crippen molar-refractivity contribution >= 4 is 22.8 Å². The van der Waals surface area contributed by atoms with Gasteiger partial charge in [-0.2, -0.15) is 0 Å². The molecule has 0 N–H and O–H groups in total. The van der Waals surface area contributed by atoms with Crippen molar-refractivity contribution < 1.29 is 0 Å². The number of aryl methyl sites for hydroxylation is 1. The second-order valence-corrected chi connectivity index (χ2v) is 10.6. The molecule has 1 aliphatic carbocycles. The summed E-state index contributed by atoms with van der Waals surface area (Å²) in [5.74, 6) is 1.02. The summed E-state index contributed by atoms with van der Waals surface area (Å²) >= 11 is 0. The third-order valence-electron chi connectivity index (χ3n) is 7.29. The van der Waals surface area contributed by atoms with Crippen molar-refractivity contribution in [2.45, 2.75) is 66.8 Å². The van der Waals surface area contributed by atoms with Gasteiger partial charge in [0, 0.05) is 55.4 Å². The van der Waals surface area contributed by atoms with E-state index >= 15 is 0 Å². The smallest absolute Gasteiger partial charge is 0.128 e. The molecule has 3 heterocycles. The Balaban J connectivity index is 1.45. The maximum atomic E-state index is 4.90. The van der Waals surface area contributed by atoms with Crippen molar-refractivity contribution in [1.29, 1.82) is 0 Å². The molecule has 0 saturated carbocycles. The van der Waals surface area contributed by atoms with E-state index in [0.717, 1.165) is 67.5 Å². The van der Waals surface area contributed by atoms with Gasteiger partial charge in [-0.15, -0.1) is 0 Å². The van der Waals surface area contributed by atoms with Crippen LogP contribution in [0, 0.1) is 6.92 Å². The van der Waals surface area contributed by atoms with E-state index in [2.05, 4.69) is 99.3 Å². The molecular formula is C32H41N5. The molecule has 1 aliphatic heterocycles. The Bertz CT molecular complexity index is 1260. The van der Waals surface area contributed by atoms with Crippen LogP contribution in [0.15, 0.2) is 82.8 Å². The second-order valence-electron chi connectivity index (χ2n) is 10.6. The molecule has 0 amide bonds. The Hall–Kier alpha value is -3.47. The van der Waals surface area contributed by atoms with E-state index in [0.29, 0.717) is 6.04 Å². The molecule has 0 radical (unpaired) electrons. The average molecular weight is 496 g/mol. The molecule has 2 aliphatic rings. The molecule has 1 atom stereocenters. The molecular weight excluding hydrogens is 454 g/mol. The topological polar surface area (TPSA) is 44.6 Å². The van der Waals surface area contributed by atoms with E-state index in [4.69, 9.17) is 9.98 Å². The predicted octanol–water partition coefficient (Wildman–Crippen LogP) is 7.45. The Morgan fingerprint density at radius 2 is 1.92 bits per heavy atom. The molecule has 37 heavy (non-hydrogen) atoms. The SMILES string of the molecule is C=C(C)N1CCN(c2ccc(N=C(C)CC3=CCCC(C)=C(c4ccnc(C)c4)C(C)=C3)cn2)CC1C. The lowest BCUT2D eigenvalue weighted by Crippen LogP contribution is -2.51. The van der Waals surface area contributed by atoms with Crippen LogP contribution in [0.5, 0.6) is 0 Å². The Kier molecular flexibility index (Phi) is 8.42. The average Bonchev–Trinajstić information content (AvgIpc) is 2.83. The van der Waals surface area contributed by atoms with Gasteiger partial charge in [0.15, 0.2) is 0 Å². The number of nitrogens with zero attached hydrogens (tertiary/aromatic N) is 5. The van der Waals surface area contributed by atoms with E-state index in [1.54, 1.807) is 0 Å². The fraction of sp³-hybridized carbons (Fsp3) is 0.406. The number of hydrogen-bond donors (Lipinski definition) is 0. The predicted molar refractivity (Wildman–Crippen MR) is 157 cm³/mol. The minimum atomic E-state index is 0.434. The van der Waals surface area contributed by atoms with Gasteiger partial charge in [-0.25, -0.2) is 4.98 Å². The molecule has 0 bridgehead atoms. The van der Waals surface area contributed by atoms with Crippen molar-refractivity contribution in [3.05, 3.63) is 89.1 Å².